The molecule has 3 N–H and O–H groups in total. The largest absolute Gasteiger partial charge is 0.372 e. The number of anilines is 1. The average Bonchev–Trinajstić information content (AvgIpc) is 2.56. The van der Waals surface area contributed by atoms with Crippen molar-refractivity contribution in [1.29, 1.82) is 0 Å². The van der Waals surface area contributed by atoms with E-state index in [0.29, 0.717) is 6.54 Å². The number of imidazole rings is 1. The normalized spacial score (nSPS) is 10.9. The molecular formula is C9H12BrN5. The van der Waals surface area contributed by atoms with Crippen molar-refractivity contribution in [2.45, 2.75) is 6.42 Å². The third-order valence-corrected chi connectivity index (χ3v) is 2.92. The predicted octanol–water partition coefficient (Wildman–Crippen LogP) is 1.03. The number of aromatic nitrogens is 3. The van der Waals surface area contributed by atoms with E-state index in [4.69, 9.17) is 5.73 Å². The van der Waals surface area contributed by atoms with E-state index >= 15 is 0 Å². The Kier molecular flexibility index (Phi) is 2.88. The zero-order valence-corrected chi connectivity index (χ0v) is 9.95. The molecule has 0 aliphatic heterocycles. The van der Waals surface area contributed by atoms with Gasteiger partial charge in [0.05, 0.1) is 5.69 Å². The van der Waals surface area contributed by atoms with Gasteiger partial charge in [0.15, 0.2) is 5.65 Å². The average molecular weight is 270 g/mol. The first-order valence-electron chi connectivity index (χ1n) is 4.68. The highest BCUT2D eigenvalue weighted by Gasteiger charge is 2.09. The number of hydrogen-bond acceptors (Lipinski definition) is 4. The lowest BCUT2D eigenvalue weighted by Crippen LogP contribution is -2.03. The molecule has 0 atom stereocenters. The number of nitrogens with one attached hydrogen (secondary N) is 1. The molecule has 0 bridgehead atoms. The summed E-state index contributed by atoms with van der Waals surface area (Å²) in [6.07, 6.45) is 0.749. The van der Waals surface area contributed by atoms with Crippen molar-refractivity contribution in [2.24, 2.45) is 5.73 Å². The lowest BCUT2D eigenvalue weighted by atomic mass is 10.3. The zero-order valence-electron chi connectivity index (χ0n) is 8.37. The molecule has 0 aliphatic rings. The lowest BCUT2D eigenvalue weighted by Gasteiger charge is -1.99. The Balaban J connectivity index is 2.56. The smallest absolute Gasteiger partial charge is 0.155 e. The van der Waals surface area contributed by atoms with Crippen LogP contribution in [-0.2, 0) is 6.42 Å². The minimum absolute atomic E-state index is 0.585. The molecule has 0 fully saturated rings. The molecular weight excluding hydrogens is 258 g/mol. The Bertz CT molecular complexity index is 479. The van der Waals surface area contributed by atoms with Crippen molar-refractivity contribution in [1.82, 2.24) is 14.6 Å². The maximum absolute atomic E-state index is 5.50. The fourth-order valence-electron chi connectivity index (χ4n) is 1.38. The highest BCUT2D eigenvalue weighted by atomic mass is 79.9. The van der Waals surface area contributed by atoms with Gasteiger partial charge < -0.3 is 11.1 Å². The molecule has 2 rings (SSSR count). The van der Waals surface area contributed by atoms with Crippen LogP contribution < -0.4 is 11.1 Å². The van der Waals surface area contributed by atoms with Crippen molar-refractivity contribution >= 4 is 27.4 Å². The maximum Gasteiger partial charge on any atom is 0.155 e. The van der Waals surface area contributed by atoms with Gasteiger partial charge in [-0.2, -0.15) is 0 Å². The second-order valence-corrected chi connectivity index (χ2v) is 3.88. The van der Waals surface area contributed by atoms with E-state index in [1.165, 1.54) is 0 Å². The molecule has 0 radical (unpaired) electrons. The van der Waals surface area contributed by atoms with E-state index < -0.39 is 0 Å². The number of nitrogens with two attached hydrogens (primary N) is 1. The van der Waals surface area contributed by atoms with Crippen LogP contribution in [0.25, 0.3) is 5.65 Å². The van der Waals surface area contributed by atoms with Crippen molar-refractivity contribution < 1.29 is 0 Å². The van der Waals surface area contributed by atoms with Gasteiger partial charge in [-0.05, 0) is 34.6 Å². The quantitative estimate of drug-likeness (QED) is 0.874. The molecule has 0 aliphatic carbocycles. The van der Waals surface area contributed by atoms with E-state index in [-0.39, 0.29) is 0 Å². The minimum Gasteiger partial charge on any atom is -0.372 e. The summed E-state index contributed by atoms with van der Waals surface area (Å²) < 4.78 is 2.64. The maximum atomic E-state index is 5.50. The summed E-state index contributed by atoms with van der Waals surface area (Å²) in [5.74, 6) is 0.805. The Morgan fingerprint density at radius 1 is 1.53 bits per heavy atom. The second-order valence-electron chi connectivity index (χ2n) is 3.13. The number of nitrogens with zero attached hydrogens (tertiary/aromatic N) is 3. The van der Waals surface area contributed by atoms with Crippen LogP contribution >= 0.6 is 15.9 Å². The van der Waals surface area contributed by atoms with Crippen LogP contribution in [0.4, 0.5) is 5.82 Å². The Morgan fingerprint density at radius 3 is 3.00 bits per heavy atom. The van der Waals surface area contributed by atoms with Crippen molar-refractivity contribution in [3.8, 4) is 0 Å². The number of hydrogen-bond donors (Lipinski definition) is 2. The van der Waals surface area contributed by atoms with Crippen LogP contribution in [0.3, 0.4) is 0 Å². The summed E-state index contributed by atoms with van der Waals surface area (Å²) in [5.41, 5.74) is 7.27. The Hall–Kier alpha value is -1.14. The summed E-state index contributed by atoms with van der Waals surface area (Å²) >= 11 is 3.47. The third kappa shape index (κ3) is 1.82. The molecule has 2 aromatic heterocycles. The molecule has 0 aromatic carbocycles. The third-order valence-electron chi connectivity index (χ3n) is 2.13. The van der Waals surface area contributed by atoms with Crippen LogP contribution in [0.15, 0.2) is 16.7 Å². The Labute approximate surface area is 95.8 Å². The van der Waals surface area contributed by atoms with Gasteiger partial charge in [0.1, 0.15) is 10.4 Å². The van der Waals surface area contributed by atoms with Crippen LogP contribution in [0.5, 0.6) is 0 Å². The van der Waals surface area contributed by atoms with E-state index in [0.717, 1.165) is 28.2 Å². The van der Waals surface area contributed by atoms with Crippen LogP contribution in [-0.4, -0.2) is 28.2 Å². The standard InChI is InChI=1S/C9H12BrN5/c1-12-7-2-3-8-13-6(4-5-11)9(10)15(8)14-7/h2-3H,4-5,11H2,1H3,(H,12,14). The summed E-state index contributed by atoms with van der Waals surface area (Å²) in [5, 5.41) is 7.33. The van der Waals surface area contributed by atoms with Crippen LogP contribution in [0.2, 0.25) is 0 Å². The molecule has 6 heteroatoms. The first-order valence-corrected chi connectivity index (χ1v) is 5.47. The topological polar surface area (TPSA) is 68.2 Å². The summed E-state index contributed by atoms with van der Waals surface area (Å²) in [6.45, 7) is 0.585. The van der Waals surface area contributed by atoms with Gasteiger partial charge in [-0.15, -0.1) is 5.10 Å². The van der Waals surface area contributed by atoms with E-state index in [1.807, 2.05) is 19.2 Å². The highest BCUT2D eigenvalue weighted by molar-refractivity contribution is 9.10. The first-order chi connectivity index (χ1) is 7.26. The molecule has 2 aromatic rings. The molecule has 2 heterocycles. The van der Waals surface area contributed by atoms with E-state index in [9.17, 15) is 0 Å². The first kappa shape index (κ1) is 10.4. The van der Waals surface area contributed by atoms with Crippen LogP contribution in [0.1, 0.15) is 5.69 Å². The summed E-state index contributed by atoms with van der Waals surface area (Å²) in [4.78, 5) is 4.42. The molecule has 0 saturated carbocycles. The second kappa shape index (κ2) is 4.16. The van der Waals surface area contributed by atoms with Gasteiger partial charge in [-0.3, -0.25) is 0 Å². The number of rotatable bonds is 3. The van der Waals surface area contributed by atoms with E-state index in [2.05, 4.69) is 31.3 Å². The fraction of sp³-hybridized carbons (Fsp3) is 0.333. The van der Waals surface area contributed by atoms with Gasteiger partial charge >= 0.3 is 0 Å². The van der Waals surface area contributed by atoms with Gasteiger partial charge in [0, 0.05) is 13.5 Å². The van der Waals surface area contributed by atoms with Crippen LogP contribution in [0, 0.1) is 0 Å². The summed E-state index contributed by atoms with van der Waals surface area (Å²) in [6, 6.07) is 3.81. The molecule has 0 saturated heterocycles. The summed E-state index contributed by atoms with van der Waals surface area (Å²) in [7, 11) is 1.83. The monoisotopic (exact) mass is 269 g/mol. The predicted molar refractivity (Wildman–Crippen MR) is 63.0 cm³/mol. The van der Waals surface area contributed by atoms with Crippen molar-refractivity contribution in [3.05, 3.63) is 22.4 Å². The molecule has 5 nitrogen and oxygen atoms in total. The number of halogens is 1. The molecule has 0 unspecified atom stereocenters. The van der Waals surface area contributed by atoms with E-state index in [1.54, 1.807) is 4.52 Å². The zero-order chi connectivity index (χ0) is 10.8. The van der Waals surface area contributed by atoms with Gasteiger partial charge in [0.25, 0.3) is 0 Å². The van der Waals surface area contributed by atoms with Gasteiger partial charge in [-0.25, -0.2) is 9.50 Å². The Morgan fingerprint density at radius 2 is 2.33 bits per heavy atom. The molecule has 80 valence electrons. The highest BCUT2D eigenvalue weighted by Crippen LogP contribution is 2.19. The lowest BCUT2D eigenvalue weighted by molar-refractivity contribution is 0.893. The van der Waals surface area contributed by atoms with Gasteiger partial charge in [0.2, 0.25) is 0 Å². The molecule has 15 heavy (non-hydrogen) atoms. The fourth-order valence-corrected chi connectivity index (χ4v) is 1.93. The van der Waals surface area contributed by atoms with Gasteiger partial charge in [-0.1, -0.05) is 0 Å². The molecule has 0 amide bonds. The van der Waals surface area contributed by atoms with Crippen molar-refractivity contribution in [3.63, 3.8) is 0 Å². The number of fused-ring (bicyclic) bond motifs is 1. The minimum atomic E-state index is 0.585. The molecule has 0 spiro atoms. The SMILES string of the molecule is CNc1ccc2nc(CCN)c(Br)n2n1. The van der Waals surface area contributed by atoms with Crippen molar-refractivity contribution in [2.75, 3.05) is 18.9 Å².